The van der Waals surface area contributed by atoms with Crippen LogP contribution in [0.15, 0.2) is 16.9 Å². The summed E-state index contributed by atoms with van der Waals surface area (Å²) in [5.74, 6) is 1.34. The Bertz CT molecular complexity index is 756. The number of amides is 2. The van der Waals surface area contributed by atoms with Gasteiger partial charge in [-0.25, -0.2) is 4.79 Å². The Morgan fingerprint density at radius 1 is 1.48 bits per heavy atom. The number of aromatic nitrogens is 4. The van der Waals surface area contributed by atoms with Gasteiger partial charge in [0, 0.05) is 38.4 Å². The van der Waals surface area contributed by atoms with Gasteiger partial charge >= 0.3 is 6.03 Å². The molecule has 0 radical (unpaired) electrons. The number of hydrogen-bond donors (Lipinski definition) is 1. The molecular formula is C18H29N7O2. The number of piperidine rings is 1. The zero-order chi connectivity index (χ0) is 19.4. The third kappa shape index (κ3) is 4.65. The second-order valence-electron chi connectivity index (χ2n) is 7.20. The van der Waals surface area contributed by atoms with Crippen LogP contribution < -0.4 is 5.32 Å². The summed E-state index contributed by atoms with van der Waals surface area (Å²) in [7, 11) is 3.77. The lowest BCUT2D eigenvalue weighted by Gasteiger charge is -2.41. The van der Waals surface area contributed by atoms with Crippen LogP contribution in [0.4, 0.5) is 4.79 Å². The molecule has 0 spiro atoms. The number of aryl methyl sites for hydroxylation is 2. The van der Waals surface area contributed by atoms with Gasteiger partial charge in [0.2, 0.25) is 5.89 Å². The van der Waals surface area contributed by atoms with Crippen LogP contribution >= 0.6 is 0 Å². The number of carbonyl (C=O) groups excluding carboxylic acids is 1. The predicted molar refractivity (Wildman–Crippen MR) is 99.8 cm³/mol. The third-order valence-electron chi connectivity index (χ3n) is 5.15. The van der Waals surface area contributed by atoms with Gasteiger partial charge < -0.3 is 14.7 Å². The van der Waals surface area contributed by atoms with Crippen LogP contribution in [-0.4, -0.2) is 62.4 Å². The van der Waals surface area contributed by atoms with E-state index < -0.39 is 0 Å². The summed E-state index contributed by atoms with van der Waals surface area (Å²) in [4.78, 5) is 20.8. The number of carbonyl (C=O) groups is 1. The summed E-state index contributed by atoms with van der Waals surface area (Å²) in [6.07, 6.45) is 6.27. The maximum atomic E-state index is 12.5. The first-order valence-corrected chi connectivity index (χ1v) is 9.48. The molecule has 27 heavy (non-hydrogen) atoms. The van der Waals surface area contributed by atoms with Crippen molar-refractivity contribution < 1.29 is 9.32 Å². The fourth-order valence-corrected chi connectivity index (χ4v) is 3.91. The van der Waals surface area contributed by atoms with Crippen molar-refractivity contribution in [3.05, 3.63) is 29.7 Å². The Morgan fingerprint density at radius 3 is 2.93 bits per heavy atom. The summed E-state index contributed by atoms with van der Waals surface area (Å²) in [6, 6.07) is 0.149. The van der Waals surface area contributed by atoms with E-state index in [1.807, 2.05) is 25.0 Å². The van der Waals surface area contributed by atoms with Crippen LogP contribution in [-0.2, 0) is 13.6 Å². The van der Waals surface area contributed by atoms with Gasteiger partial charge in [-0.1, -0.05) is 12.1 Å². The maximum Gasteiger partial charge on any atom is 0.317 e. The van der Waals surface area contributed by atoms with Crippen LogP contribution in [0.2, 0.25) is 0 Å². The molecule has 2 atom stereocenters. The number of nitrogens with zero attached hydrogens (tertiary/aromatic N) is 6. The van der Waals surface area contributed by atoms with Gasteiger partial charge in [0.25, 0.3) is 0 Å². The summed E-state index contributed by atoms with van der Waals surface area (Å²) in [6.45, 7) is 6.94. The molecule has 9 heteroatoms. The molecule has 1 fully saturated rings. The normalized spacial score (nSPS) is 20.6. The van der Waals surface area contributed by atoms with E-state index in [1.54, 1.807) is 11.8 Å². The van der Waals surface area contributed by atoms with Gasteiger partial charge in [0.05, 0.1) is 12.7 Å². The zero-order valence-electron chi connectivity index (χ0n) is 16.6. The van der Waals surface area contributed by atoms with E-state index in [4.69, 9.17) is 4.52 Å². The van der Waals surface area contributed by atoms with Gasteiger partial charge in [0.15, 0.2) is 5.82 Å². The highest BCUT2D eigenvalue weighted by Gasteiger charge is 2.34. The van der Waals surface area contributed by atoms with Crippen LogP contribution in [0.5, 0.6) is 0 Å². The Balaban J connectivity index is 1.63. The van der Waals surface area contributed by atoms with Gasteiger partial charge in [-0.2, -0.15) is 10.1 Å². The average molecular weight is 375 g/mol. The molecule has 0 aliphatic carbocycles. The highest BCUT2D eigenvalue weighted by atomic mass is 16.5. The molecule has 3 heterocycles. The van der Waals surface area contributed by atoms with E-state index in [0.717, 1.165) is 25.9 Å². The van der Waals surface area contributed by atoms with Crippen molar-refractivity contribution in [2.45, 2.75) is 39.3 Å². The number of urea groups is 1. The molecule has 1 N–H and O–H groups in total. The highest BCUT2D eigenvalue weighted by molar-refractivity contribution is 5.73. The van der Waals surface area contributed by atoms with Crippen molar-refractivity contribution in [3.8, 4) is 0 Å². The Kier molecular flexibility index (Phi) is 6.10. The lowest BCUT2D eigenvalue weighted by atomic mass is 9.85. The molecule has 1 aliphatic heterocycles. The molecule has 148 valence electrons. The maximum absolute atomic E-state index is 12.5. The number of likely N-dealkylation sites (tertiary alicyclic amines) is 1. The Hall–Kier alpha value is -2.42. The van der Waals surface area contributed by atoms with E-state index in [-0.39, 0.29) is 18.6 Å². The Morgan fingerprint density at radius 2 is 2.30 bits per heavy atom. The molecule has 3 rings (SSSR count). The molecule has 0 unspecified atom stereocenters. The van der Waals surface area contributed by atoms with Gasteiger partial charge in [0.1, 0.15) is 0 Å². The minimum Gasteiger partial charge on any atom is -0.337 e. The van der Waals surface area contributed by atoms with E-state index in [2.05, 4.69) is 38.6 Å². The van der Waals surface area contributed by atoms with Crippen LogP contribution in [0.1, 0.15) is 43.1 Å². The van der Waals surface area contributed by atoms with Crippen LogP contribution in [0.3, 0.4) is 0 Å². The monoisotopic (exact) mass is 375 g/mol. The van der Waals surface area contributed by atoms with Crippen molar-refractivity contribution in [1.29, 1.82) is 0 Å². The number of hydrogen-bond acceptors (Lipinski definition) is 6. The van der Waals surface area contributed by atoms with Gasteiger partial charge in [-0.15, -0.1) is 0 Å². The second kappa shape index (κ2) is 8.51. The first kappa shape index (κ1) is 19.3. The number of rotatable bonds is 6. The molecule has 0 bridgehead atoms. The molecule has 2 aromatic heterocycles. The van der Waals surface area contributed by atoms with Crippen molar-refractivity contribution in [1.82, 2.24) is 35.0 Å². The summed E-state index contributed by atoms with van der Waals surface area (Å²) >= 11 is 0. The standard InChI is InChI=1S/C18H29N7O2/c1-5-25-8-6-7-14(17(25)15-9-20-24(4)12-15)11-23(3)18(26)19-10-16-21-13(2)22-27-16/h9,12,14,17H,5-8,10-11H2,1-4H3,(H,19,26)/t14-,17+/m0/s1. The van der Waals surface area contributed by atoms with E-state index in [9.17, 15) is 4.79 Å². The minimum atomic E-state index is -0.135. The molecule has 2 aromatic rings. The quantitative estimate of drug-likeness (QED) is 0.827. The van der Waals surface area contributed by atoms with Gasteiger partial charge in [-0.3, -0.25) is 9.58 Å². The zero-order valence-corrected chi connectivity index (χ0v) is 16.6. The van der Waals surface area contributed by atoms with E-state index >= 15 is 0 Å². The number of nitrogens with one attached hydrogen (secondary N) is 1. The molecule has 1 aliphatic rings. The summed E-state index contributed by atoms with van der Waals surface area (Å²) < 4.78 is 6.88. The first-order chi connectivity index (χ1) is 13.0. The van der Waals surface area contributed by atoms with Crippen LogP contribution in [0, 0.1) is 12.8 Å². The SMILES string of the molecule is CCN1CCC[C@@H](CN(C)C(=O)NCc2nc(C)no2)[C@@H]1c1cnn(C)c1. The summed E-state index contributed by atoms with van der Waals surface area (Å²) in [5.41, 5.74) is 1.22. The van der Waals surface area contributed by atoms with Crippen molar-refractivity contribution in [2.24, 2.45) is 13.0 Å². The second-order valence-corrected chi connectivity index (χ2v) is 7.20. The topological polar surface area (TPSA) is 92.3 Å². The van der Waals surface area contributed by atoms with Crippen molar-refractivity contribution in [2.75, 3.05) is 26.7 Å². The minimum absolute atomic E-state index is 0.135. The lowest BCUT2D eigenvalue weighted by molar-refractivity contribution is 0.0813. The first-order valence-electron chi connectivity index (χ1n) is 9.48. The molecule has 0 aromatic carbocycles. The Labute approximate surface area is 159 Å². The molecular weight excluding hydrogens is 346 g/mol. The summed E-state index contributed by atoms with van der Waals surface area (Å²) in [5, 5.41) is 10.9. The lowest BCUT2D eigenvalue weighted by Crippen LogP contribution is -2.46. The fraction of sp³-hybridized carbons (Fsp3) is 0.667. The molecule has 1 saturated heterocycles. The van der Waals surface area contributed by atoms with Crippen molar-refractivity contribution in [3.63, 3.8) is 0 Å². The average Bonchev–Trinajstić information content (AvgIpc) is 3.27. The van der Waals surface area contributed by atoms with Crippen LogP contribution in [0.25, 0.3) is 0 Å². The molecule has 2 amide bonds. The smallest absolute Gasteiger partial charge is 0.317 e. The molecule has 9 nitrogen and oxygen atoms in total. The molecule has 0 saturated carbocycles. The van der Waals surface area contributed by atoms with Gasteiger partial charge in [-0.05, 0) is 38.8 Å². The third-order valence-corrected chi connectivity index (χ3v) is 5.15. The predicted octanol–water partition coefficient (Wildman–Crippen LogP) is 1.73. The largest absolute Gasteiger partial charge is 0.337 e. The fourth-order valence-electron chi connectivity index (χ4n) is 3.91. The van der Waals surface area contributed by atoms with E-state index in [0.29, 0.717) is 24.2 Å². The highest BCUT2D eigenvalue weighted by Crippen LogP contribution is 2.36. The van der Waals surface area contributed by atoms with Crippen molar-refractivity contribution >= 4 is 6.03 Å². The van der Waals surface area contributed by atoms with E-state index in [1.165, 1.54) is 5.56 Å².